The Kier molecular flexibility index (Phi) is 7.37. The second-order valence-corrected chi connectivity index (χ2v) is 9.25. The molecule has 178 valence electrons. The van der Waals surface area contributed by atoms with Gasteiger partial charge < -0.3 is 4.74 Å². The first kappa shape index (κ1) is 24.7. The highest BCUT2D eigenvalue weighted by Crippen LogP contribution is 2.34. The zero-order valence-corrected chi connectivity index (χ0v) is 21.4. The van der Waals surface area contributed by atoms with E-state index in [1.807, 2.05) is 6.92 Å². The van der Waals surface area contributed by atoms with Gasteiger partial charge >= 0.3 is 5.69 Å². The van der Waals surface area contributed by atoms with Gasteiger partial charge in [0.1, 0.15) is 18.2 Å². The topological polar surface area (TPSA) is 99.6 Å². The highest BCUT2D eigenvalue weighted by Gasteiger charge is 2.21. The molecule has 0 saturated heterocycles. The highest BCUT2D eigenvalue weighted by atomic mass is 79.9. The van der Waals surface area contributed by atoms with E-state index in [1.165, 1.54) is 41.2 Å². The van der Waals surface area contributed by atoms with Crippen LogP contribution in [-0.4, -0.2) is 20.8 Å². The monoisotopic (exact) mass is 602 g/mol. The fourth-order valence-electron chi connectivity index (χ4n) is 3.39. The molecule has 0 aliphatic carbocycles. The summed E-state index contributed by atoms with van der Waals surface area (Å²) < 4.78 is 21.3. The van der Waals surface area contributed by atoms with Gasteiger partial charge in [0.25, 0.3) is 5.56 Å². The zero-order valence-electron chi connectivity index (χ0n) is 18.2. The van der Waals surface area contributed by atoms with Crippen LogP contribution in [0, 0.1) is 15.9 Å². The number of halogens is 3. The van der Waals surface area contributed by atoms with Gasteiger partial charge in [-0.05, 0) is 42.0 Å². The van der Waals surface area contributed by atoms with E-state index in [0.29, 0.717) is 33.2 Å². The summed E-state index contributed by atoms with van der Waals surface area (Å²) in [4.78, 5) is 28.8. The van der Waals surface area contributed by atoms with E-state index in [-0.39, 0.29) is 29.2 Å². The number of fused-ring (bicyclic) bond motifs is 1. The van der Waals surface area contributed by atoms with Gasteiger partial charge in [-0.25, -0.2) is 9.37 Å². The van der Waals surface area contributed by atoms with Gasteiger partial charge in [-0.15, -0.1) is 0 Å². The van der Waals surface area contributed by atoms with E-state index >= 15 is 0 Å². The molecule has 0 amide bonds. The van der Waals surface area contributed by atoms with Crippen molar-refractivity contribution >= 4 is 54.7 Å². The molecule has 0 unspecified atom stereocenters. The van der Waals surface area contributed by atoms with Crippen LogP contribution in [0.4, 0.5) is 10.1 Å². The van der Waals surface area contributed by atoms with Gasteiger partial charge in [-0.2, -0.15) is 9.78 Å². The molecular weight excluding hydrogens is 587 g/mol. The first-order chi connectivity index (χ1) is 16.8. The SMILES string of the molecule is CCc1nc2ccc(Br)cc2c(=O)n1N=Cc1cc(Br)cc([N+](=O)[O-])c1OCc1ccc(F)cc1. The Morgan fingerprint density at radius 3 is 2.57 bits per heavy atom. The zero-order chi connectivity index (χ0) is 25.1. The fourth-order valence-corrected chi connectivity index (χ4v) is 4.21. The number of ether oxygens (including phenoxy) is 1. The van der Waals surface area contributed by atoms with E-state index < -0.39 is 10.7 Å². The highest BCUT2D eigenvalue weighted by molar-refractivity contribution is 9.10. The normalized spacial score (nSPS) is 11.3. The van der Waals surface area contributed by atoms with Crippen LogP contribution in [0.25, 0.3) is 10.9 Å². The molecule has 4 aromatic rings. The van der Waals surface area contributed by atoms with Crippen LogP contribution in [0.5, 0.6) is 5.75 Å². The van der Waals surface area contributed by atoms with Crippen LogP contribution in [0.3, 0.4) is 0 Å². The molecule has 3 aromatic carbocycles. The van der Waals surface area contributed by atoms with Crippen LogP contribution < -0.4 is 10.3 Å². The molecule has 1 aromatic heterocycles. The minimum Gasteiger partial charge on any atom is -0.481 e. The molecule has 0 radical (unpaired) electrons. The second kappa shape index (κ2) is 10.4. The molecule has 4 rings (SSSR count). The van der Waals surface area contributed by atoms with Crippen LogP contribution >= 0.6 is 31.9 Å². The maximum Gasteiger partial charge on any atom is 0.312 e. The van der Waals surface area contributed by atoms with Crippen molar-refractivity contribution in [1.82, 2.24) is 9.66 Å². The number of benzene rings is 3. The average Bonchev–Trinajstić information content (AvgIpc) is 2.83. The van der Waals surface area contributed by atoms with Crippen LogP contribution in [0.1, 0.15) is 23.9 Å². The Morgan fingerprint density at radius 2 is 1.89 bits per heavy atom. The summed E-state index contributed by atoms with van der Waals surface area (Å²) in [5.41, 5.74) is 0.786. The van der Waals surface area contributed by atoms with Crippen molar-refractivity contribution in [2.24, 2.45) is 5.10 Å². The maximum atomic E-state index is 13.2. The van der Waals surface area contributed by atoms with Gasteiger partial charge in [0, 0.05) is 27.0 Å². The number of aromatic nitrogens is 2. The number of nitrogens with zero attached hydrogens (tertiary/aromatic N) is 4. The third-order valence-corrected chi connectivity index (χ3v) is 6.01. The number of hydrogen-bond donors (Lipinski definition) is 0. The van der Waals surface area contributed by atoms with Gasteiger partial charge in [0.15, 0.2) is 0 Å². The molecular formula is C24H17Br2FN4O4. The van der Waals surface area contributed by atoms with Crippen LogP contribution in [0.2, 0.25) is 0 Å². The molecule has 0 bridgehead atoms. The number of rotatable bonds is 7. The van der Waals surface area contributed by atoms with Gasteiger partial charge in [-0.1, -0.05) is 50.9 Å². The number of nitro groups is 1. The summed E-state index contributed by atoms with van der Waals surface area (Å²) in [6.45, 7) is 1.81. The first-order valence-corrected chi connectivity index (χ1v) is 12.0. The lowest BCUT2D eigenvalue weighted by atomic mass is 10.2. The van der Waals surface area contributed by atoms with E-state index in [2.05, 4.69) is 41.9 Å². The van der Waals surface area contributed by atoms with E-state index in [1.54, 1.807) is 24.3 Å². The second-order valence-electron chi connectivity index (χ2n) is 7.42. The van der Waals surface area contributed by atoms with Crippen molar-refractivity contribution in [2.75, 3.05) is 0 Å². The summed E-state index contributed by atoms with van der Waals surface area (Å²) in [5, 5.41) is 16.4. The number of hydrogen-bond acceptors (Lipinski definition) is 6. The molecule has 8 nitrogen and oxygen atoms in total. The minimum absolute atomic E-state index is 0.0324. The summed E-state index contributed by atoms with van der Waals surface area (Å²) >= 11 is 6.64. The van der Waals surface area contributed by atoms with Gasteiger partial charge in [0.2, 0.25) is 5.75 Å². The van der Waals surface area contributed by atoms with Crippen molar-refractivity contribution in [3.8, 4) is 5.75 Å². The molecule has 0 atom stereocenters. The molecule has 0 fully saturated rings. The Balaban J connectivity index is 1.79. The van der Waals surface area contributed by atoms with Gasteiger partial charge in [-0.3, -0.25) is 14.9 Å². The molecule has 35 heavy (non-hydrogen) atoms. The van der Waals surface area contributed by atoms with Crippen LogP contribution in [-0.2, 0) is 13.0 Å². The minimum atomic E-state index is -0.569. The summed E-state index contributed by atoms with van der Waals surface area (Å²) in [7, 11) is 0. The quantitative estimate of drug-likeness (QED) is 0.147. The van der Waals surface area contributed by atoms with Crippen molar-refractivity contribution in [2.45, 2.75) is 20.0 Å². The van der Waals surface area contributed by atoms with E-state index in [9.17, 15) is 19.3 Å². The number of nitro benzene ring substituents is 1. The van der Waals surface area contributed by atoms with Crippen molar-refractivity contribution in [3.63, 3.8) is 0 Å². The summed E-state index contributed by atoms with van der Waals surface area (Å²) in [5.74, 6) is -0.00222. The lowest BCUT2D eigenvalue weighted by Crippen LogP contribution is -2.22. The van der Waals surface area contributed by atoms with Gasteiger partial charge in [0.05, 0.1) is 22.0 Å². The molecule has 0 aliphatic rings. The van der Waals surface area contributed by atoms with E-state index in [4.69, 9.17) is 4.74 Å². The number of aryl methyl sites for hydroxylation is 1. The largest absolute Gasteiger partial charge is 0.481 e. The van der Waals surface area contributed by atoms with Crippen molar-refractivity contribution in [1.29, 1.82) is 0 Å². The Labute approximate surface area is 215 Å². The molecule has 0 N–H and O–H groups in total. The first-order valence-electron chi connectivity index (χ1n) is 10.4. The standard InChI is InChI=1S/C24H17Br2FN4O4/c1-2-22-29-20-8-5-16(25)10-19(20)24(32)30(22)28-12-15-9-17(26)11-21(31(33)34)23(15)35-13-14-3-6-18(27)7-4-14/h3-12H,2,13H2,1H3. The Bertz CT molecular complexity index is 1520. The lowest BCUT2D eigenvalue weighted by Gasteiger charge is -2.11. The molecule has 1 heterocycles. The predicted octanol–water partition coefficient (Wildman–Crippen LogP) is 5.99. The van der Waals surface area contributed by atoms with E-state index in [0.717, 1.165) is 4.47 Å². The Morgan fingerprint density at radius 1 is 1.14 bits per heavy atom. The maximum absolute atomic E-state index is 13.2. The summed E-state index contributed by atoms with van der Waals surface area (Å²) in [6.07, 6.45) is 1.76. The third-order valence-electron chi connectivity index (χ3n) is 5.06. The molecule has 0 saturated carbocycles. The lowest BCUT2D eigenvalue weighted by molar-refractivity contribution is -0.386. The predicted molar refractivity (Wildman–Crippen MR) is 138 cm³/mol. The molecule has 0 aliphatic heterocycles. The van der Waals surface area contributed by atoms with Crippen LogP contribution in [0.15, 0.2) is 73.4 Å². The van der Waals surface area contributed by atoms with Crippen molar-refractivity contribution in [3.05, 3.63) is 107 Å². The molecule has 11 heteroatoms. The Hall–Kier alpha value is -3.44. The van der Waals surface area contributed by atoms with Crippen molar-refractivity contribution < 1.29 is 14.1 Å². The fraction of sp³-hybridized carbons (Fsp3) is 0.125. The smallest absolute Gasteiger partial charge is 0.312 e. The average molecular weight is 604 g/mol. The third kappa shape index (κ3) is 5.46. The summed E-state index contributed by atoms with van der Waals surface area (Å²) in [6, 6.07) is 13.7. The molecule has 0 spiro atoms.